The quantitative estimate of drug-likeness (QED) is 0.749. The van der Waals surface area contributed by atoms with Gasteiger partial charge in [-0.1, -0.05) is 0 Å². The molecule has 30 heavy (non-hydrogen) atoms. The van der Waals surface area contributed by atoms with Crippen LogP contribution in [0.5, 0.6) is 5.75 Å². The van der Waals surface area contributed by atoms with E-state index in [9.17, 15) is 4.79 Å². The molecule has 4 heterocycles. The predicted octanol–water partition coefficient (Wildman–Crippen LogP) is 2.23. The van der Waals surface area contributed by atoms with Crippen molar-refractivity contribution in [3.8, 4) is 5.75 Å². The number of amides is 1. The summed E-state index contributed by atoms with van der Waals surface area (Å²) in [5, 5.41) is 13.5. The van der Waals surface area contributed by atoms with Gasteiger partial charge in [-0.05, 0) is 19.8 Å². The van der Waals surface area contributed by atoms with E-state index in [0.29, 0.717) is 24.7 Å². The van der Waals surface area contributed by atoms with Gasteiger partial charge in [0, 0.05) is 50.6 Å². The van der Waals surface area contributed by atoms with E-state index >= 15 is 0 Å². The van der Waals surface area contributed by atoms with E-state index in [4.69, 9.17) is 19.3 Å². The van der Waals surface area contributed by atoms with Crippen molar-refractivity contribution < 1.29 is 19.0 Å². The zero-order valence-electron chi connectivity index (χ0n) is 17.9. The number of hydrogen-bond donors (Lipinski definition) is 0. The topological polar surface area (TPSA) is 94.8 Å². The number of carbonyl (C=O) groups is 1. The molecule has 0 bridgehead atoms. The molecule has 0 N–H and O–H groups in total. The van der Waals surface area contributed by atoms with Crippen molar-refractivity contribution in [2.75, 3.05) is 45.9 Å². The Balaban J connectivity index is 1.74. The molecule has 0 spiro atoms. The van der Waals surface area contributed by atoms with E-state index in [2.05, 4.69) is 14.9 Å². The highest BCUT2D eigenvalue weighted by molar-refractivity contribution is 5.69. The van der Waals surface area contributed by atoms with Crippen molar-refractivity contribution in [3.05, 3.63) is 23.0 Å². The molecule has 1 saturated heterocycles. The molecular weight excluding hydrogens is 388 g/mol. The number of methoxy groups -OCH3 is 2. The molecule has 0 radical (unpaired) electrons. The van der Waals surface area contributed by atoms with Gasteiger partial charge in [-0.3, -0.25) is 4.68 Å². The fourth-order valence-electron chi connectivity index (χ4n) is 4.12. The van der Waals surface area contributed by atoms with E-state index in [1.807, 2.05) is 24.9 Å². The van der Waals surface area contributed by atoms with Crippen molar-refractivity contribution in [1.29, 1.82) is 0 Å². The zero-order chi connectivity index (χ0) is 21.3. The predicted molar refractivity (Wildman–Crippen MR) is 109 cm³/mol. The number of nitrogens with zero attached hydrogens (tertiary/aromatic N) is 6. The summed E-state index contributed by atoms with van der Waals surface area (Å²) in [4.78, 5) is 15.8. The number of aromatic nitrogens is 4. The van der Waals surface area contributed by atoms with E-state index in [-0.39, 0.29) is 12.1 Å². The van der Waals surface area contributed by atoms with Crippen molar-refractivity contribution in [2.24, 2.45) is 0 Å². The third-order valence-corrected chi connectivity index (χ3v) is 5.83. The smallest absolute Gasteiger partial charge is 0.409 e. The van der Waals surface area contributed by atoms with Gasteiger partial charge in [0.05, 0.1) is 26.8 Å². The first kappa shape index (κ1) is 20.4. The van der Waals surface area contributed by atoms with Gasteiger partial charge in [-0.25, -0.2) is 4.79 Å². The summed E-state index contributed by atoms with van der Waals surface area (Å²) in [6.45, 7) is 4.38. The van der Waals surface area contributed by atoms with Crippen LogP contribution in [0.1, 0.15) is 35.8 Å². The molecule has 0 aliphatic carbocycles. The molecule has 0 saturated carbocycles. The maximum absolute atomic E-state index is 12.2. The highest BCUT2D eigenvalue weighted by Crippen LogP contribution is 2.35. The van der Waals surface area contributed by atoms with Gasteiger partial charge in [0.1, 0.15) is 11.4 Å². The lowest BCUT2D eigenvalue weighted by Gasteiger charge is -2.29. The van der Waals surface area contributed by atoms with Crippen molar-refractivity contribution >= 4 is 17.7 Å². The van der Waals surface area contributed by atoms with Gasteiger partial charge in [0.2, 0.25) is 0 Å². The monoisotopic (exact) mass is 416 g/mol. The highest BCUT2D eigenvalue weighted by Gasteiger charge is 2.32. The molecule has 0 unspecified atom stereocenters. The number of carbonyl (C=O) groups excluding carboxylic acids is 1. The van der Waals surface area contributed by atoms with Gasteiger partial charge in [-0.15, -0.1) is 10.2 Å². The SMILES string of the molecule is COC(=O)N1CCc2c(c(N(C)c3cc(OC)c(C)nn3)nn2C2CCOCC2)C1. The second-order valence-corrected chi connectivity index (χ2v) is 7.59. The number of hydrogen-bond acceptors (Lipinski definition) is 8. The molecule has 162 valence electrons. The van der Waals surface area contributed by atoms with Crippen LogP contribution in [0.3, 0.4) is 0 Å². The molecule has 1 fully saturated rings. The Morgan fingerprint density at radius 3 is 2.73 bits per heavy atom. The zero-order valence-corrected chi connectivity index (χ0v) is 17.9. The van der Waals surface area contributed by atoms with Crippen LogP contribution in [-0.4, -0.2) is 72.0 Å². The van der Waals surface area contributed by atoms with Gasteiger partial charge in [0.15, 0.2) is 11.6 Å². The molecule has 2 aliphatic rings. The van der Waals surface area contributed by atoms with Crippen molar-refractivity contribution in [2.45, 2.75) is 38.8 Å². The number of ether oxygens (including phenoxy) is 3. The van der Waals surface area contributed by atoms with Crippen LogP contribution in [0.15, 0.2) is 6.07 Å². The first-order chi connectivity index (χ1) is 14.5. The molecule has 2 aromatic heterocycles. The third kappa shape index (κ3) is 3.67. The molecule has 4 rings (SSSR count). The summed E-state index contributed by atoms with van der Waals surface area (Å²) in [6, 6.07) is 2.14. The van der Waals surface area contributed by atoms with E-state index in [1.54, 1.807) is 12.0 Å². The molecule has 10 nitrogen and oxygen atoms in total. The molecule has 2 aliphatic heterocycles. The highest BCUT2D eigenvalue weighted by atomic mass is 16.5. The largest absolute Gasteiger partial charge is 0.495 e. The Morgan fingerprint density at radius 1 is 1.27 bits per heavy atom. The summed E-state index contributed by atoms with van der Waals surface area (Å²) in [7, 11) is 4.93. The number of aryl methyl sites for hydroxylation is 1. The summed E-state index contributed by atoms with van der Waals surface area (Å²) < 4.78 is 18.0. The van der Waals surface area contributed by atoms with E-state index in [1.165, 1.54) is 7.11 Å². The molecule has 1 amide bonds. The minimum Gasteiger partial charge on any atom is -0.495 e. The first-order valence-electron chi connectivity index (χ1n) is 10.2. The van der Waals surface area contributed by atoms with Crippen LogP contribution >= 0.6 is 0 Å². The maximum Gasteiger partial charge on any atom is 0.409 e. The Morgan fingerprint density at radius 2 is 2.03 bits per heavy atom. The van der Waals surface area contributed by atoms with Crippen LogP contribution in [0.25, 0.3) is 0 Å². The molecule has 2 aromatic rings. The Kier molecular flexibility index (Phi) is 5.76. The summed E-state index contributed by atoms with van der Waals surface area (Å²) >= 11 is 0. The minimum atomic E-state index is -0.329. The van der Waals surface area contributed by atoms with Crippen molar-refractivity contribution in [3.63, 3.8) is 0 Å². The lowest BCUT2D eigenvalue weighted by atomic mass is 10.0. The lowest BCUT2D eigenvalue weighted by Crippen LogP contribution is -2.37. The third-order valence-electron chi connectivity index (χ3n) is 5.83. The van der Waals surface area contributed by atoms with Crippen molar-refractivity contribution in [1.82, 2.24) is 24.9 Å². The fraction of sp³-hybridized carbons (Fsp3) is 0.600. The first-order valence-corrected chi connectivity index (χ1v) is 10.2. The average Bonchev–Trinajstić information content (AvgIpc) is 3.17. The maximum atomic E-state index is 12.2. The van der Waals surface area contributed by atoms with Gasteiger partial charge in [-0.2, -0.15) is 5.10 Å². The summed E-state index contributed by atoms with van der Waals surface area (Å²) in [5.74, 6) is 2.07. The lowest BCUT2D eigenvalue weighted by molar-refractivity contribution is 0.0649. The number of anilines is 2. The minimum absolute atomic E-state index is 0.290. The van der Waals surface area contributed by atoms with Gasteiger partial charge in [0.25, 0.3) is 0 Å². The number of rotatable bonds is 4. The molecule has 10 heteroatoms. The number of fused-ring (bicyclic) bond motifs is 1. The normalized spacial score (nSPS) is 16.9. The van der Waals surface area contributed by atoms with Crippen LogP contribution in [0.2, 0.25) is 0 Å². The van der Waals surface area contributed by atoms with Crippen LogP contribution in [0, 0.1) is 6.92 Å². The molecule has 0 aromatic carbocycles. The Labute approximate surface area is 175 Å². The standard InChI is InChI=1S/C20H28N6O4/c1-13-17(28-3)11-18(22-21-13)24(2)19-15-12-25(20(27)29-4)8-5-16(15)26(23-19)14-6-9-30-10-7-14/h11,14H,5-10,12H2,1-4H3. The van der Waals surface area contributed by atoms with E-state index in [0.717, 1.165) is 55.2 Å². The molecule has 0 atom stereocenters. The van der Waals surface area contributed by atoms with Crippen LogP contribution < -0.4 is 9.64 Å². The molecular formula is C20H28N6O4. The van der Waals surface area contributed by atoms with Crippen LogP contribution in [-0.2, 0) is 22.4 Å². The fourth-order valence-corrected chi connectivity index (χ4v) is 4.12. The second-order valence-electron chi connectivity index (χ2n) is 7.59. The van der Waals surface area contributed by atoms with Gasteiger partial charge >= 0.3 is 6.09 Å². The average molecular weight is 416 g/mol. The summed E-state index contributed by atoms with van der Waals surface area (Å²) in [6.07, 6.45) is 2.25. The summed E-state index contributed by atoms with van der Waals surface area (Å²) in [5.41, 5.74) is 2.90. The van der Waals surface area contributed by atoms with Crippen LogP contribution in [0.4, 0.5) is 16.4 Å². The Bertz CT molecular complexity index is 924. The van der Waals surface area contributed by atoms with E-state index < -0.39 is 0 Å². The Hall–Kier alpha value is -2.88. The van der Waals surface area contributed by atoms with Gasteiger partial charge < -0.3 is 24.0 Å². The second kappa shape index (κ2) is 8.47.